The van der Waals surface area contributed by atoms with Gasteiger partial charge in [0.1, 0.15) is 24.7 Å². The minimum Gasteiger partial charge on any atom is -0.490 e. The van der Waals surface area contributed by atoms with E-state index in [9.17, 15) is 0 Å². The van der Waals surface area contributed by atoms with Gasteiger partial charge in [0, 0.05) is 20.6 Å². The molecule has 0 aromatic heterocycles. The molecule has 3 nitrogen and oxygen atoms in total. The van der Waals surface area contributed by atoms with Gasteiger partial charge in [0.15, 0.2) is 0 Å². The van der Waals surface area contributed by atoms with Crippen LogP contribution in [0.4, 0.5) is 0 Å². The second kappa shape index (κ2) is 7.82. The summed E-state index contributed by atoms with van der Waals surface area (Å²) in [5.74, 6) is 1.60. The van der Waals surface area contributed by atoms with Crippen LogP contribution >= 0.6 is 31.9 Å². The molecule has 1 unspecified atom stereocenters. The van der Waals surface area contributed by atoms with E-state index in [1.165, 1.54) is 0 Å². The van der Waals surface area contributed by atoms with E-state index in [1.807, 2.05) is 49.4 Å². The summed E-state index contributed by atoms with van der Waals surface area (Å²) in [5, 5.41) is 0. The number of nitrogens with two attached hydrogens (primary N) is 1. The van der Waals surface area contributed by atoms with Gasteiger partial charge in [-0.25, -0.2) is 0 Å². The van der Waals surface area contributed by atoms with Crippen molar-refractivity contribution in [2.75, 3.05) is 13.2 Å². The fourth-order valence-corrected chi connectivity index (χ4v) is 2.60. The molecule has 0 saturated carbocycles. The van der Waals surface area contributed by atoms with Crippen molar-refractivity contribution in [3.63, 3.8) is 0 Å². The summed E-state index contributed by atoms with van der Waals surface area (Å²) in [5.41, 5.74) is 6.93. The number of ether oxygens (including phenoxy) is 2. The number of hydrogen-bond acceptors (Lipinski definition) is 3. The first-order valence-electron chi connectivity index (χ1n) is 6.62. The molecule has 0 aliphatic rings. The van der Waals surface area contributed by atoms with Crippen LogP contribution in [0.15, 0.2) is 51.4 Å². The zero-order valence-corrected chi connectivity index (χ0v) is 14.9. The topological polar surface area (TPSA) is 44.5 Å². The summed E-state index contributed by atoms with van der Waals surface area (Å²) >= 11 is 6.85. The molecule has 0 aliphatic heterocycles. The van der Waals surface area contributed by atoms with E-state index in [0.29, 0.717) is 13.2 Å². The zero-order chi connectivity index (χ0) is 15.2. The lowest BCUT2D eigenvalue weighted by Crippen LogP contribution is -2.12. The van der Waals surface area contributed by atoms with Crippen LogP contribution in [-0.4, -0.2) is 13.2 Å². The van der Waals surface area contributed by atoms with E-state index >= 15 is 0 Å². The second-order valence-electron chi connectivity index (χ2n) is 4.63. The van der Waals surface area contributed by atoms with Crippen molar-refractivity contribution in [2.45, 2.75) is 13.0 Å². The molecular weight excluding hydrogens is 398 g/mol. The Labute approximate surface area is 141 Å². The Morgan fingerprint density at radius 2 is 1.71 bits per heavy atom. The van der Waals surface area contributed by atoms with Gasteiger partial charge in [-0.15, -0.1) is 0 Å². The Hall–Kier alpha value is -1.04. The fraction of sp³-hybridized carbons (Fsp3) is 0.250. The van der Waals surface area contributed by atoms with Gasteiger partial charge in [0.25, 0.3) is 0 Å². The highest BCUT2D eigenvalue weighted by atomic mass is 79.9. The monoisotopic (exact) mass is 413 g/mol. The molecule has 2 N–H and O–H groups in total. The Morgan fingerprint density at radius 1 is 1.00 bits per heavy atom. The van der Waals surface area contributed by atoms with Gasteiger partial charge < -0.3 is 15.2 Å². The summed E-state index contributed by atoms with van der Waals surface area (Å²) in [4.78, 5) is 0. The van der Waals surface area contributed by atoms with Crippen molar-refractivity contribution >= 4 is 31.9 Å². The number of halogens is 2. The van der Waals surface area contributed by atoms with Crippen molar-refractivity contribution in [1.82, 2.24) is 0 Å². The van der Waals surface area contributed by atoms with Crippen molar-refractivity contribution in [1.29, 1.82) is 0 Å². The van der Waals surface area contributed by atoms with E-state index in [0.717, 1.165) is 26.0 Å². The highest BCUT2D eigenvalue weighted by Crippen LogP contribution is 2.27. The molecule has 0 heterocycles. The second-order valence-corrected chi connectivity index (χ2v) is 6.46. The third-order valence-corrected chi connectivity index (χ3v) is 3.86. The van der Waals surface area contributed by atoms with Gasteiger partial charge >= 0.3 is 0 Å². The average molecular weight is 415 g/mol. The smallest absolute Gasteiger partial charge is 0.125 e. The number of rotatable bonds is 6. The van der Waals surface area contributed by atoms with E-state index in [1.54, 1.807) is 0 Å². The van der Waals surface area contributed by atoms with Crippen LogP contribution in [0.25, 0.3) is 0 Å². The molecule has 0 fully saturated rings. The predicted octanol–water partition coefficient (Wildman–Crippen LogP) is 4.69. The standard InChI is InChI=1S/C16H17Br2NO2/c1-11(19)15-6-5-13(18)10-16(15)21-8-7-20-14-4-2-3-12(17)9-14/h2-6,9-11H,7-8,19H2,1H3. The maximum absolute atomic E-state index is 5.94. The molecule has 0 radical (unpaired) electrons. The quantitative estimate of drug-likeness (QED) is 0.697. The minimum absolute atomic E-state index is 0.0703. The van der Waals surface area contributed by atoms with Crippen LogP contribution in [0.2, 0.25) is 0 Å². The fourth-order valence-electron chi connectivity index (χ4n) is 1.88. The van der Waals surface area contributed by atoms with Crippen LogP contribution in [-0.2, 0) is 0 Å². The van der Waals surface area contributed by atoms with Crippen LogP contribution in [0.1, 0.15) is 18.5 Å². The molecule has 2 aromatic carbocycles. The van der Waals surface area contributed by atoms with Gasteiger partial charge in [-0.2, -0.15) is 0 Å². The lowest BCUT2D eigenvalue weighted by molar-refractivity contribution is 0.215. The summed E-state index contributed by atoms with van der Waals surface area (Å²) in [6.45, 7) is 2.87. The van der Waals surface area contributed by atoms with E-state index in [-0.39, 0.29) is 6.04 Å². The summed E-state index contributed by atoms with van der Waals surface area (Å²) < 4.78 is 13.4. The van der Waals surface area contributed by atoms with Crippen molar-refractivity contribution < 1.29 is 9.47 Å². The van der Waals surface area contributed by atoms with Crippen molar-refractivity contribution in [3.05, 3.63) is 57.0 Å². The molecule has 0 aliphatic carbocycles. The highest BCUT2D eigenvalue weighted by molar-refractivity contribution is 9.10. The van der Waals surface area contributed by atoms with Gasteiger partial charge in [-0.05, 0) is 37.3 Å². The van der Waals surface area contributed by atoms with E-state index in [2.05, 4.69) is 31.9 Å². The first kappa shape index (κ1) is 16.3. The third-order valence-electron chi connectivity index (χ3n) is 2.87. The van der Waals surface area contributed by atoms with Crippen LogP contribution in [0.3, 0.4) is 0 Å². The van der Waals surface area contributed by atoms with Crippen LogP contribution < -0.4 is 15.2 Å². The maximum atomic E-state index is 5.94. The number of hydrogen-bond donors (Lipinski definition) is 1. The molecule has 2 rings (SSSR count). The molecule has 0 amide bonds. The Bertz CT molecular complexity index is 603. The first-order valence-corrected chi connectivity index (χ1v) is 8.21. The molecule has 21 heavy (non-hydrogen) atoms. The van der Waals surface area contributed by atoms with Gasteiger partial charge in [0.05, 0.1) is 0 Å². The van der Waals surface area contributed by atoms with Gasteiger partial charge in [-0.1, -0.05) is 44.0 Å². The Kier molecular flexibility index (Phi) is 6.08. The van der Waals surface area contributed by atoms with Crippen LogP contribution in [0, 0.1) is 0 Å². The Balaban J connectivity index is 1.90. The largest absolute Gasteiger partial charge is 0.490 e. The predicted molar refractivity (Wildman–Crippen MR) is 91.9 cm³/mol. The summed E-state index contributed by atoms with van der Waals surface area (Å²) in [6, 6.07) is 13.5. The normalized spacial score (nSPS) is 12.0. The lowest BCUT2D eigenvalue weighted by Gasteiger charge is -2.15. The molecule has 2 aromatic rings. The third kappa shape index (κ3) is 5.02. The molecule has 0 saturated heterocycles. The minimum atomic E-state index is -0.0703. The van der Waals surface area contributed by atoms with E-state index < -0.39 is 0 Å². The van der Waals surface area contributed by atoms with Crippen LogP contribution in [0.5, 0.6) is 11.5 Å². The van der Waals surface area contributed by atoms with Gasteiger partial charge in [-0.3, -0.25) is 0 Å². The molecule has 1 atom stereocenters. The maximum Gasteiger partial charge on any atom is 0.125 e. The zero-order valence-electron chi connectivity index (χ0n) is 11.7. The molecule has 5 heteroatoms. The number of benzene rings is 2. The average Bonchev–Trinajstić information content (AvgIpc) is 2.43. The SMILES string of the molecule is CC(N)c1ccc(Br)cc1OCCOc1cccc(Br)c1. The molecule has 112 valence electrons. The highest BCUT2D eigenvalue weighted by Gasteiger charge is 2.08. The molecule has 0 bridgehead atoms. The summed E-state index contributed by atoms with van der Waals surface area (Å²) in [7, 11) is 0. The lowest BCUT2D eigenvalue weighted by atomic mass is 10.1. The van der Waals surface area contributed by atoms with Crippen molar-refractivity contribution in [2.24, 2.45) is 5.73 Å². The first-order chi connectivity index (χ1) is 10.1. The molecule has 0 spiro atoms. The molecular formula is C16H17Br2NO2. The Morgan fingerprint density at radius 3 is 2.43 bits per heavy atom. The summed E-state index contributed by atoms with van der Waals surface area (Å²) in [6.07, 6.45) is 0. The van der Waals surface area contributed by atoms with Crippen molar-refractivity contribution in [3.8, 4) is 11.5 Å². The van der Waals surface area contributed by atoms with Gasteiger partial charge in [0.2, 0.25) is 0 Å². The van der Waals surface area contributed by atoms with E-state index in [4.69, 9.17) is 15.2 Å².